The number of hydrogen-bond acceptors (Lipinski definition) is 3. The SMILES string of the molecule is CC(=O)N[C@](C)(CCSc1ccccc1)C(=O)O. The van der Waals surface area contributed by atoms with Crippen molar-refractivity contribution in [2.45, 2.75) is 30.7 Å². The van der Waals surface area contributed by atoms with E-state index in [0.29, 0.717) is 12.2 Å². The molecule has 0 saturated carbocycles. The van der Waals surface area contributed by atoms with Gasteiger partial charge < -0.3 is 10.4 Å². The predicted octanol–water partition coefficient (Wildman–Crippen LogP) is 2.15. The second-order valence-electron chi connectivity index (χ2n) is 4.23. The number of rotatable bonds is 6. The summed E-state index contributed by atoms with van der Waals surface area (Å²) in [6.45, 7) is 2.85. The molecule has 98 valence electrons. The Kier molecular flexibility index (Phi) is 5.22. The molecule has 1 amide bonds. The standard InChI is InChI=1S/C13H17NO3S/c1-10(15)14-13(2,12(16)17)8-9-18-11-6-4-3-5-7-11/h3-7H,8-9H2,1-2H3,(H,14,15)(H,16,17)/t13-/m1/s1. The van der Waals surface area contributed by atoms with E-state index < -0.39 is 11.5 Å². The smallest absolute Gasteiger partial charge is 0.329 e. The van der Waals surface area contributed by atoms with Crippen LogP contribution in [-0.2, 0) is 9.59 Å². The second-order valence-corrected chi connectivity index (χ2v) is 5.40. The number of carbonyl (C=O) groups excluding carboxylic acids is 1. The van der Waals surface area contributed by atoms with Gasteiger partial charge in [0.05, 0.1) is 0 Å². The van der Waals surface area contributed by atoms with E-state index in [1.54, 1.807) is 11.8 Å². The van der Waals surface area contributed by atoms with Crippen LogP contribution in [0.1, 0.15) is 20.3 Å². The van der Waals surface area contributed by atoms with Gasteiger partial charge in [0.25, 0.3) is 0 Å². The van der Waals surface area contributed by atoms with Crippen molar-refractivity contribution in [3.8, 4) is 0 Å². The molecule has 0 aliphatic rings. The molecule has 4 nitrogen and oxygen atoms in total. The number of aliphatic carboxylic acids is 1. The van der Waals surface area contributed by atoms with Gasteiger partial charge in [0.15, 0.2) is 0 Å². The average Bonchev–Trinajstić information content (AvgIpc) is 2.29. The first-order valence-corrected chi connectivity index (χ1v) is 6.62. The predicted molar refractivity (Wildman–Crippen MR) is 71.6 cm³/mol. The molecule has 0 spiro atoms. The molecular formula is C13H17NO3S. The molecule has 1 rings (SSSR count). The highest BCUT2D eigenvalue weighted by molar-refractivity contribution is 7.99. The summed E-state index contributed by atoms with van der Waals surface area (Å²) < 4.78 is 0. The second kappa shape index (κ2) is 6.44. The van der Waals surface area contributed by atoms with Crippen LogP contribution in [0, 0.1) is 0 Å². The van der Waals surface area contributed by atoms with Crippen molar-refractivity contribution in [2.24, 2.45) is 0 Å². The van der Waals surface area contributed by atoms with Crippen LogP contribution in [0.3, 0.4) is 0 Å². The fourth-order valence-electron chi connectivity index (χ4n) is 1.50. The van der Waals surface area contributed by atoms with E-state index in [4.69, 9.17) is 5.11 Å². The summed E-state index contributed by atoms with van der Waals surface area (Å²) in [6, 6.07) is 9.75. The fraction of sp³-hybridized carbons (Fsp3) is 0.385. The van der Waals surface area contributed by atoms with Gasteiger partial charge in [-0.3, -0.25) is 4.79 Å². The molecule has 0 saturated heterocycles. The van der Waals surface area contributed by atoms with Crippen LogP contribution in [0.2, 0.25) is 0 Å². The lowest BCUT2D eigenvalue weighted by molar-refractivity contribution is -0.146. The molecule has 0 aliphatic carbocycles. The van der Waals surface area contributed by atoms with Crippen molar-refractivity contribution in [1.29, 1.82) is 0 Å². The summed E-state index contributed by atoms with van der Waals surface area (Å²) in [5, 5.41) is 11.6. The molecule has 0 aliphatic heterocycles. The zero-order valence-corrected chi connectivity index (χ0v) is 11.3. The number of hydrogen-bond donors (Lipinski definition) is 2. The summed E-state index contributed by atoms with van der Waals surface area (Å²) in [5.41, 5.74) is -1.20. The van der Waals surface area contributed by atoms with Crippen molar-refractivity contribution in [3.63, 3.8) is 0 Å². The highest BCUT2D eigenvalue weighted by atomic mass is 32.2. The molecule has 0 radical (unpaired) electrons. The highest BCUT2D eigenvalue weighted by Gasteiger charge is 2.33. The van der Waals surface area contributed by atoms with Gasteiger partial charge in [-0.25, -0.2) is 4.79 Å². The molecule has 1 aromatic carbocycles. The molecule has 0 bridgehead atoms. The first kappa shape index (κ1) is 14.6. The van der Waals surface area contributed by atoms with Gasteiger partial charge >= 0.3 is 5.97 Å². The summed E-state index contributed by atoms with van der Waals surface area (Å²) in [6.07, 6.45) is 0.376. The van der Waals surface area contributed by atoms with Gasteiger partial charge in [-0.2, -0.15) is 0 Å². The lowest BCUT2D eigenvalue weighted by atomic mass is 9.99. The highest BCUT2D eigenvalue weighted by Crippen LogP contribution is 2.21. The van der Waals surface area contributed by atoms with Crippen LogP contribution in [0.4, 0.5) is 0 Å². The third-order valence-corrected chi connectivity index (χ3v) is 3.55. The van der Waals surface area contributed by atoms with Crippen molar-refractivity contribution < 1.29 is 14.7 Å². The molecule has 0 aromatic heterocycles. The average molecular weight is 267 g/mol. The van der Waals surface area contributed by atoms with Gasteiger partial charge in [-0.15, -0.1) is 11.8 Å². The van der Waals surface area contributed by atoms with Gasteiger partial charge in [-0.05, 0) is 25.5 Å². The molecule has 0 heterocycles. The first-order chi connectivity index (χ1) is 8.44. The minimum atomic E-state index is -1.20. The summed E-state index contributed by atoms with van der Waals surface area (Å²) in [7, 11) is 0. The molecule has 0 fully saturated rings. The van der Waals surface area contributed by atoms with Crippen LogP contribution in [0.15, 0.2) is 35.2 Å². The van der Waals surface area contributed by atoms with Crippen molar-refractivity contribution in [2.75, 3.05) is 5.75 Å². The zero-order valence-electron chi connectivity index (χ0n) is 10.5. The van der Waals surface area contributed by atoms with Gasteiger partial charge in [0.1, 0.15) is 5.54 Å². The Morgan fingerprint density at radius 3 is 2.44 bits per heavy atom. The van der Waals surface area contributed by atoms with Crippen LogP contribution in [0.25, 0.3) is 0 Å². The summed E-state index contributed by atoms with van der Waals surface area (Å²) >= 11 is 1.58. The molecule has 5 heteroatoms. The number of thioether (sulfide) groups is 1. The number of amides is 1. The van der Waals surface area contributed by atoms with Crippen LogP contribution < -0.4 is 5.32 Å². The molecule has 1 aromatic rings. The van der Waals surface area contributed by atoms with Gasteiger partial charge in [0, 0.05) is 17.6 Å². The Labute approximate surface area is 111 Å². The Hall–Kier alpha value is -1.49. The lowest BCUT2D eigenvalue weighted by Gasteiger charge is -2.25. The number of nitrogens with one attached hydrogen (secondary N) is 1. The van der Waals surface area contributed by atoms with E-state index in [2.05, 4.69) is 5.32 Å². The molecule has 2 N–H and O–H groups in total. The van der Waals surface area contributed by atoms with Crippen LogP contribution >= 0.6 is 11.8 Å². The quantitative estimate of drug-likeness (QED) is 0.775. The maximum absolute atomic E-state index is 11.2. The normalized spacial score (nSPS) is 13.7. The number of benzene rings is 1. The Balaban J connectivity index is 2.53. The number of carboxylic acid groups (broad SMARTS) is 1. The van der Waals surface area contributed by atoms with Gasteiger partial charge in [0.2, 0.25) is 5.91 Å². The summed E-state index contributed by atoms with van der Waals surface area (Å²) in [5.74, 6) is -0.705. The van der Waals surface area contributed by atoms with Gasteiger partial charge in [-0.1, -0.05) is 18.2 Å². The fourth-order valence-corrected chi connectivity index (χ4v) is 2.60. The number of carbonyl (C=O) groups is 2. The number of carboxylic acids is 1. The molecular weight excluding hydrogens is 250 g/mol. The lowest BCUT2D eigenvalue weighted by Crippen LogP contribution is -2.51. The molecule has 0 unspecified atom stereocenters. The topological polar surface area (TPSA) is 66.4 Å². The van der Waals surface area contributed by atoms with E-state index in [-0.39, 0.29) is 5.91 Å². The van der Waals surface area contributed by atoms with E-state index in [1.807, 2.05) is 30.3 Å². The maximum atomic E-state index is 11.2. The monoisotopic (exact) mass is 267 g/mol. The van der Waals surface area contributed by atoms with E-state index in [1.165, 1.54) is 13.8 Å². The maximum Gasteiger partial charge on any atom is 0.329 e. The van der Waals surface area contributed by atoms with E-state index in [0.717, 1.165) is 4.90 Å². The summed E-state index contributed by atoms with van der Waals surface area (Å²) in [4.78, 5) is 23.3. The minimum absolute atomic E-state index is 0.329. The van der Waals surface area contributed by atoms with E-state index in [9.17, 15) is 9.59 Å². The molecule has 18 heavy (non-hydrogen) atoms. The van der Waals surface area contributed by atoms with Crippen molar-refractivity contribution >= 4 is 23.6 Å². The Bertz CT molecular complexity index is 422. The van der Waals surface area contributed by atoms with Crippen LogP contribution in [0.5, 0.6) is 0 Å². The van der Waals surface area contributed by atoms with Crippen molar-refractivity contribution in [3.05, 3.63) is 30.3 Å². The Morgan fingerprint density at radius 2 is 1.94 bits per heavy atom. The largest absolute Gasteiger partial charge is 0.480 e. The van der Waals surface area contributed by atoms with Crippen molar-refractivity contribution in [1.82, 2.24) is 5.32 Å². The third-order valence-electron chi connectivity index (χ3n) is 2.54. The first-order valence-electron chi connectivity index (χ1n) is 5.64. The van der Waals surface area contributed by atoms with E-state index >= 15 is 0 Å². The zero-order chi connectivity index (χ0) is 13.6. The minimum Gasteiger partial charge on any atom is -0.480 e. The Morgan fingerprint density at radius 1 is 1.33 bits per heavy atom. The third kappa shape index (κ3) is 4.41. The molecule has 1 atom stereocenters. The van der Waals surface area contributed by atoms with Crippen LogP contribution in [-0.4, -0.2) is 28.3 Å².